The van der Waals surface area contributed by atoms with Crippen molar-refractivity contribution in [2.45, 2.75) is 254 Å². The minimum absolute atomic E-state index is 0.0435. The van der Waals surface area contributed by atoms with Gasteiger partial charge < -0.3 is 99.8 Å². The molecular formula is C85H108Cl3NO23. The van der Waals surface area contributed by atoms with Crippen LogP contribution in [0.4, 0.5) is 0 Å². The minimum Gasteiger partial charge on any atom is -0.451 e. The van der Waals surface area contributed by atoms with Crippen LogP contribution in [0.3, 0.4) is 0 Å². The van der Waals surface area contributed by atoms with E-state index in [4.69, 9.17) is 135 Å². The summed E-state index contributed by atoms with van der Waals surface area (Å²) in [5, 5.41) is 20.5. The van der Waals surface area contributed by atoms with Gasteiger partial charge in [-0.25, -0.2) is 9.59 Å². The molecule has 24 nitrogen and oxygen atoms in total. The highest BCUT2D eigenvalue weighted by molar-refractivity contribution is 6.76. The molecule has 33 atom stereocenters. The number of carbonyl (C=O) groups excluding carboxylic acids is 2. The number of nitrogens with one attached hydrogen (secondary N) is 1. The van der Waals surface area contributed by atoms with Gasteiger partial charge in [-0.1, -0.05) is 231 Å². The van der Waals surface area contributed by atoms with Gasteiger partial charge in [-0.05, 0) is 74.6 Å². The van der Waals surface area contributed by atoms with E-state index in [1.807, 2.05) is 119 Å². The van der Waals surface area contributed by atoms with Gasteiger partial charge in [-0.15, -0.1) is 0 Å². The zero-order chi connectivity index (χ0) is 79.2. The number of ether oxygens (including phenoxy) is 20. The van der Waals surface area contributed by atoms with E-state index < -0.39 is 170 Å². The van der Waals surface area contributed by atoms with Crippen LogP contribution in [-0.4, -0.2) is 189 Å². The van der Waals surface area contributed by atoms with Gasteiger partial charge in [0.2, 0.25) is 12.2 Å². The van der Waals surface area contributed by atoms with E-state index >= 15 is 0 Å². The Bertz CT molecular complexity index is 3790. The molecule has 2 N–H and O–H groups in total. The molecule has 0 spiro atoms. The van der Waals surface area contributed by atoms with E-state index in [0.717, 1.165) is 29.5 Å². The Labute approximate surface area is 671 Å². The van der Waals surface area contributed by atoms with Crippen LogP contribution >= 0.6 is 34.8 Å². The third-order valence-electron chi connectivity index (χ3n) is 23.9. The highest BCUT2D eigenvalue weighted by atomic mass is 35.6. The first-order valence-corrected chi connectivity index (χ1v) is 40.7. The molecule has 0 aromatic heterocycles. The SMILES string of the molecule is CCC1OC(OC(=N)C(Cl)(Cl)Cl)[C@H](C)[C@@H](C)[C@@H]1C.CCOC1OC2COC(c3ccccc3)O[C@H]2[C@H](O[C@@H]2OC(C)[C@H](C)C(O[C@@H]3OC4COC(c5ccccc5)O[C@H]4[C@H](O[C@@H]4OC5COC(c6ccccc6)O[C@H]5[C@H](O)C4OC4OC(CC)[C@@H](C)[C@H](C)[C@H]4C)C3C)[C@@H]2OC(=O)c2ccccc2)[C@@H]1OC(=O)c1ccccc1. The Morgan fingerprint density at radius 1 is 0.393 bits per heavy atom. The van der Waals surface area contributed by atoms with Crippen LogP contribution in [0.1, 0.15) is 152 Å². The molecule has 9 aliphatic rings. The number of hydrogen-bond acceptors (Lipinski definition) is 24. The van der Waals surface area contributed by atoms with Crippen LogP contribution in [0, 0.1) is 52.8 Å². The summed E-state index contributed by atoms with van der Waals surface area (Å²) in [7, 11) is 0. The fourth-order valence-electron chi connectivity index (χ4n) is 16.5. The fourth-order valence-corrected chi connectivity index (χ4v) is 16.6. The second-order valence-electron chi connectivity index (χ2n) is 30.9. The van der Waals surface area contributed by atoms with E-state index in [2.05, 4.69) is 48.5 Å². The Hall–Kier alpha value is -5.34. The van der Waals surface area contributed by atoms with Crippen molar-refractivity contribution in [3.05, 3.63) is 179 Å². The van der Waals surface area contributed by atoms with Crippen LogP contribution in [0.5, 0.6) is 0 Å². The smallest absolute Gasteiger partial charge is 0.338 e. The van der Waals surface area contributed by atoms with Crippen molar-refractivity contribution in [2.24, 2.45) is 47.3 Å². The second-order valence-corrected chi connectivity index (χ2v) is 33.2. The lowest BCUT2D eigenvalue weighted by Gasteiger charge is -2.54. The van der Waals surface area contributed by atoms with Crippen LogP contribution < -0.4 is 0 Å². The normalized spacial score (nSPS) is 40.1. The van der Waals surface area contributed by atoms with Crippen molar-refractivity contribution in [3.63, 3.8) is 0 Å². The Morgan fingerprint density at radius 2 is 0.768 bits per heavy atom. The lowest BCUT2D eigenvalue weighted by atomic mass is 9.78. The number of carbonyl (C=O) groups is 2. The van der Waals surface area contributed by atoms with Gasteiger partial charge in [0.1, 0.15) is 61.0 Å². The van der Waals surface area contributed by atoms with Crippen molar-refractivity contribution < 1.29 is 109 Å². The third kappa shape index (κ3) is 19.1. The summed E-state index contributed by atoms with van der Waals surface area (Å²) < 4.78 is 132. The molecule has 9 saturated heterocycles. The molecule has 0 amide bonds. The molecule has 27 heteroatoms. The molecule has 14 rings (SSSR count). The summed E-state index contributed by atoms with van der Waals surface area (Å²) in [6.07, 6.45) is -21.2. The van der Waals surface area contributed by atoms with E-state index in [1.54, 1.807) is 67.6 Å². The molecule has 0 radical (unpaired) electrons. The van der Waals surface area contributed by atoms with Crippen LogP contribution in [0.15, 0.2) is 152 Å². The number of hydrogen-bond donors (Lipinski definition) is 2. The van der Waals surface area contributed by atoms with Gasteiger partial charge >= 0.3 is 11.9 Å². The number of fused-ring (bicyclic) bond motifs is 3. The molecular weight excluding hydrogens is 1510 g/mol. The average molecular weight is 1620 g/mol. The number of aliphatic hydroxyl groups excluding tert-OH is 1. The van der Waals surface area contributed by atoms with Crippen molar-refractivity contribution in [2.75, 3.05) is 26.4 Å². The number of esters is 2. The number of halogens is 3. The van der Waals surface area contributed by atoms with E-state index in [0.29, 0.717) is 11.8 Å². The molecule has 9 heterocycles. The van der Waals surface area contributed by atoms with E-state index in [1.165, 1.54) is 0 Å². The largest absolute Gasteiger partial charge is 0.451 e. The van der Waals surface area contributed by atoms with E-state index in [9.17, 15) is 14.7 Å². The standard InChI is InChI=1S/C73H88O21.C12H20Cl3NO2/c1-9-50-40(4)39(3)41(5)66(82-50)93-60-54(74)57-51(36-78-68(90-57)47-30-20-13-21-31-47)85-72(60)89-56-43(7)67(83-52-37-79-69(91-58(52)56)48-32-22-14-23-33-48)88-55-42(6)44(8)81-73(62(55)86-64(75)45-26-16-11-17-27-45)94-61-59-53(38-80-70(92-59)49-34-24-15-25-35-49)84-71(77-10-2)63(61)87-65(76)46-28-18-12-19-29-46;1-5-9-7(3)6(2)8(4)10(17-9)18-11(16)12(13,14)15/h11-35,39-44,50-63,66-74H,9-10,36-38H2,1-8H3;6-10,16H,5H2,1-4H3/t39-,40-,41+,42-,43?,44?,50?,51?,52?,53?,54-,55?,56+,57+,58+,59+,60?,61-,62-,63-,66?,67-,68?,69?,70?,71?,72-,73-;6-,7-,8+,9?,10?/m00/s1. The maximum atomic E-state index is 14.8. The zero-order valence-electron chi connectivity index (χ0n) is 65.3. The monoisotopic (exact) mass is 1620 g/mol. The molecule has 9 fully saturated rings. The van der Waals surface area contributed by atoms with Crippen LogP contribution in [-0.2, 0) is 94.7 Å². The highest BCUT2D eigenvalue weighted by Crippen LogP contribution is 2.48. The van der Waals surface area contributed by atoms with Crippen LogP contribution in [0.25, 0.3) is 0 Å². The highest BCUT2D eigenvalue weighted by Gasteiger charge is 2.61. The summed E-state index contributed by atoms with van der Waals surface area (Å²) in [6.45, 7) is 24.9. The molecule has 612 valence electrons. The van der Waals surface area contributed by atoms with Crippen LogP contribution in [0.2, 0.25) is 0 Å². The van der Waals surface area contributed by atoms with Gasteiger partial charge in [0.15, 0.2) is 62.5 Å². The van der Waals surface area contributed by atoms with Crippen molar-refractivity contribution in [1.29, 1.82) is 5.41 Å². The third-order valence-corrected chi connectivity index (χ3v) is 24.4. The van der Waals surface area contributed by atoms with Gasteiger partial charge in [0.05, 0.1) is 55.4 Å². The molecule has 0 saturated carbocycles. The summed E-state index contributed by atoms with van der Waals surface area (Å²) >= 11 is 16.8. The van der Waals surface area contributed by atoms with Crippen molar-refractivity contribution in [3.8, 4) is 0 Å². The quantitative estimate of drug-likeness (QED) is 0.0317. The molecule has 15 unspecified atom stereocenters. The van der Waals surface area contributed by atoms with Crippen molar-refractivity contribution in [1.82, 2.24) is 0 Å². The molecule has 5 aromatic rings. The summed E-state index contributed by atoms with van der Waals surface area (Å²) in [4.78, 5) is 29.1. The Morgan fingerprint density at radius 3 is 1.24 bits per heavy atom. The molecule has 9 aliphatic heterocycles. The number of rotatable bonds is 20. The zero-order valence-corrected chi connectivity index (χ0v) is 67.6. The Balaban J connectivity index is 0.000000539. The molecule has 5 aromatic carbocycles. The first-order valence-electron chi connectivity index (χ1n) is 39.6. The number of benzene rings is 5. The Kier molecular flexibility index (Phi) is 28.6. The van der Waals surface area contributed by atoms with Gasteiger partial charge in [-0.3, -0.25) is 5.41 Å². The maximum Gasteiger partial charge on any atom is 0.338 e. The molecule has 0 aliphatic carbocycles. The first-order chi connectivity index (χ1) is 53.9. The maximum absolute atomic E-state index is 14.8. The predicted octanol–water partition coefficient (Wildman–Crippen LogP) is 14.3. The van der Waals surface area contributed by atoms with Gasteiger partial charge in [0.25, 0.3) is 3.79 Å². The first kappa shape index (κ1) is 84.6. The second kappa shape index (κ2) is 37.9. The predicted molar refractivity (Wildman–Crippen MR) is 409 cm³/mol. The number of aliphatic hydroxyl groups is 1. The van der Waals surface area contributed by atoms with E-state index in [-0.39, 0.29) is 79.3 Å². The lowest BCUT2D eigenvalue weighted by Crippen LogP contribution is -2.68. The van der Waals surface area contributed by atoms with Crippen molar-refractivity contribution >= 4 is 52.6 Å². The minimum atomic E-state index is -1.84. The fraction of sp³-hybridized carbons (Fsp3) is 0.612. The number of alkyl halides is 3. The summed E-state index contributed by atoms with van der Waals surface area (Å²) in [5.41, 5.74) is 2.83. The summed E-state index contributed by atoms with van der Waals surface area (Å²) in [6, 6.07) is 45.8. The van der Waals surface area contributed by atoms with Gasteiger partial charge in [-0.2, -0.15) is 0 Å². The van der Waals surface area contributed by atoms with Gasteiger partial charge in [0, 0.05) is 47.0 Å². The molecule has 0 bridgehead atoms. The average Bonchev–Trinajstić information content (AvgIpc) is 0.800. The lowest BCUT2D eigenvalue weighted by molar-refractivity contribution is -0.419. The summed E-state index contributed by atoms with van der Waals surface area (Å²) in [5.74, 6) is -1.61. The topological polar surface area (TPSA) is 263 Å². The molecule has 112 heavy (non-hydrogen) atoms.